The average molecular weight is 340 g/mol. The van der Waals surface area contributed by atoms with Gasteiger partial charge in [0.1, 0.15) is 0 Å². The Morgan fingerprint density at radius 1 is 1.24 bits per heavy atom. The van der Waals surface area contributed by atoms with E-state index in [-0.39, 0.29) is 30.1 Å². The normalized spacial score (nSPS) is 23.4. The van der Waals surface area contributed by atoms with E-state index in [0.717, 1.165) is 32.1 Å². The maximum Gasteiger partial charge on any atom is 0.221 e. The Bertz CT molecular complexity index is 440. The van der Waals surface area contributed by atoms with Crippen LogP contribution < -0.4 is 11.1 Å². The standard InChI is InChI=1S/C13H25N3O3S.ClH/c14-7-6-13(17)15-9-12-3-1-2-8-16(12)20(18,19)10-11-4-5-11;/h11-12H,1-10,14H2,(H,15,17);1H. The van der Waals surface area contributed by atoms with Crippen LogP contribution in [-0.4, -0.2) is 50.1 Å². The highest BCUT2D eigenvalue weighted by Crippen LogP contribution is 2.32. The summed E-state index contributed by atoms with van der Waals surface area (Å²) < 4.78 is 26.4. The SMILES string of the molecule is Cl.NCCC(=O)NCC1CCCCN1S(=O)(=O)CC1CC1. The van der Waals surface area contributed by atoms with Crippen LogP contribution in [0.3, 0.4) is 0 Å². The van der Waals surface area contributed by atoms with Gasteiger partial charge < -0.3 is 11.1 Å². The van der Waals surface area contributed by atoms with E-state index in [1.54, 1.807) is 4.31 Å². The second-order valence-corrected chi connectivity index (χ2v) is 7.79. The molecule has 2 rings (SSSR count). The van der Waals surface area contributed by atoms with E-state index < -0.39 is 10.0 Å². The number of piperidine rings is 1. The molecule has 1 aliphatic heterocycles. The molecule has 2 fully saturated rings. The summed E-state index contributed by atoms with van der Waals surface area (Å²) in [7, 11) is -3.17. The van der Waals surface area contributed by atoms with Crippen LogP contribution >= 0.6 is 12.4 Å². The molecule has 3 N–H and O–H groups in total. The van der Waals surface area contributed by atoms with E-state index in [9.17, 15) is 13.2 Å². The molecule has 1 aliphatic carbocycles. The van der Waals surface area contributed by atoms with Gasteiger partial charge in [0.15, 0.2) is 0 Å². The van der Waals surface area contributed by atoms with Gasteiger partial charge in [-0.2, -0.15) is 4.31 Å². The summed E-state index contributed by atoms with van der Waals surface area (Å²) in [5.74, 6) is 0.535. The molecule has 21 heavy (non-hydrogen) atoms. The number of nitrogens with two attached hydrogens (primary N) is 1. The number of rotatable bonds is 7. The lowest BCUT2D eigenvalue weighted by atomic mass is 10.1. The summed E-state index contributed by atoms with van der Waals surface area (Å²) in [5.41, 5.74) is 5.33. The molecule has 0 aromatic carbocycles. The summed E-state index contributed by atoms with van der Waals surface area (Å²) in [6, 6.07) is -0.0887. The first-order valence-corrected chi connectivity index (χ1v) is 9.10. The third kappa shape index (κ3) is 5.73. The summed E-state index contributed by atoms with van der Waals surface area (Å²) in [6.45, 7) is 1.31. The van der Waals surface area contributed by atoms with Crippen molar-refractivity contribution in [3.05, 3.63) is 0 Å². The van der Waals surface area contributed by atoms with Gasteiger partial charge in [0.2, 0.25) is 15.9 Å². The highest BCUT2D eigenvalue weighted by Gasteiger charge is 2.36. The molecule has 0 bridgehead atoms. The number of carbonyl (C=O) groups is 1. The minimum absolute atomic E-state index is 0. The molecule has 1 amide bonds. The zero-order chi connectivity index (χ0) is 14.6. The van der Waals surface area contributed by atoms with E-state index in [4.69, 9.17) is 5.73 Å². The van der Waals surface area contributed by atoms with Crippen molar-refractivity contribution in [2.45, 2.75) is 44.6 Å². The Labute approximate surface area is 133 Å². The van der Waals surface area contributed by atoms with Gasteiger partial charge in [-0.05, 0) is 31.6 Å². The van der Waals surface area contributed by atoms with Gasteiger partial charge in [-0.1, -0.05) is 6.42 Å². The summed E-state index contributed by atoms with van der Waals surface area (Å²) in [6.07, 6.45) is 5.12. The first-order chi connectivity index (χ1) is 9.53. The lowest BCUT2D eigenvalue weighted by Crippen LogP contribution is -2.50. The molecule has 0 aromatic rings. The van der Waals surface area contributed by atoms with E-state index in [1.165, 1.54) is 0 Å². The lowest BCUT2D eigenvalue weighted by molar-refractivity contribution is -0.121. The zero-order valence-electron chi connectivity index (χ0n) is 12.3. The first kappa shape index (κ1) is 18.7. The van der Waals surface area contributed by atoms with Gasteiger partial charge in [-0.25, -0.2) is 8.42 Å². The van der Waals surface area contributed by atoms with Crippen LogP contribution in [0.4, 0.5) is 0 Å². The van der Waals surface area contributed by atoms with Gasteiger partial charge in [-0.15, -0.1) is 12.4 Å². The fourth-order valence-corrected chi connectivity index (χ4v) is 4.84. The van der Waals surface area contributed by atoms with E-state index >= 15 is 0 Å². The molecular weight excluding hydrogens is 314 g/mol. The number of hydrogen-bond donors (Lipinski definition) is 2. The Morgan fingerprint density at radius 2 is 1.95 bits per heavy atom. The smallest absolute Gasteiger partial charge is 0.221 e. The molecule has 124 valence electrons. The number of sulfonamides is 1. The fourth-order valence-electron chi connectivity index (χ4n) is 2.67. The molecule has 1 saturated carbocycles. The van der Waals surface area contributed by atoms with Crippen LogP contribution in [0.2, 0.25) is 0 Å². The van der Waals surface area contributed by atoms with Crippen LogP contribution in [0, 0.1) is 5.92 Å². The molecular formula is C13H26ClN3O3S. The predicted octanol–water partition coefficient (Wildman–Crippen LogP) is 0.468. The van der Waals surface area contributed by atoms with Crippen LogP contribution in [0.1, 0.15) is 38.5 Å². The maximum absolute atomic E-state index is 12.4. The van der Waals surface area contributed by atoms with Crippen LogP contribution in [0.5, 0.6) is 0 Å². The summed E-state index contributed by atoms with van der Waals surface area (Å²) in [4.78, 5) is 11.5. The highest BCUT2D eigenvalue weighted by molar-refractivity contribution is 7.89. The van der Waals surface area contributed by atoms with Crippen molar-refractivity contribution in [2.24, 2.45) is 11.7 Å². The van der Waals surface area contributed by atoms with Crippen LogP contribution in [0.25, 0.3) is 0 Å². The summed E-state index contributed by atoms with van der Waals surface area (Å²) >= 11 is 0. The number of hydrogen-bond acceptors (Lipinski definition) is 4. The second-order valence-electron chi connectivity index (χ2n) is 5.83. The maximum atomic E-state index is 12.4. The minimum Gasteiger partial charge on any atom is -0.354 e. The Kier molecular flexibility index (Phi) is 7.39. The molecule has 1 saturated heterocycles. The molecule has 2 aliphatic rings. The second kappa shape index (κ2) is 8.31. The number of nitrogens with zero attached hydrogens (tertiary/aromatic N) is 1. The Balaban J connectivity index is 0.00000220. The minimum atomic E-state index is -3.17. The molecule has 0 spiro atoms. The van der Waals surface area contributed by atoms with Crippen LogP contribution in [-0.2, 0) is 14.8 Å². The molecule has 0 radical (unpaired) electrons. The fraction of sp³-hybridized carbons (Fsp3) is 0.923. The van der Waals surface area contributed by atoms with E-state index in [1.807, 2.05) is 0 Å². The lowest BCUT2D eigenvalue weighted by Gasteiger charge is -2.34. The Hall–Kier alpha value is -0.370. The molecule has 1 heterocycles. The van der Waals surface area contributed by atoms with Crippen molar-refractivity contribution < 1.29 is 13.2 Å². The van der Waals surface area contributed by atoms with Crippen molar-refractivity contribution >= 4 is 28.3 Å². The van der Waals surface area contributed by atoms with Crippen molar-refractivity contribution in [2.75, 3.05) is 25.4 Å². The van der Waals surface area contributed by atoms with Crippen molar-refractivity contribution in [3.8, 4) is 0 Å². The summed E-state index contributed by atoms with van der Waals surface area (Å²) in [5, 5.41) is 2.80. The number of halogens is 1. The number of carbonyl (C=O) groups excluding carboxylic acids is 1. The monoisotopic (exact) mass is 339 g/mol. The molecule has 6 nitrogen and oxygen atoms in total. The van der Waals surface area contributed by atoms with Crippen molar-refractivity contribution in [1.82, 2.24) is 9.62 Å². The van der Waals surface area contributed by atoms with E-state index in [2.05, 4.69) is 5.32 Å². The zero-order valence-corrected chi connectivity index (χ0v) is 13.9. The average Bonchev–Trinajstić information content (AvgIpc) is 3.20. The van der Waals surface area contributed by atoms with Gasteiger partial charge >= 0.3 is 0 Å². The topological polar surface area (TPSA) is 92.5 Å². The molecule has 8 heteroatoms. The van der Waals surface area contributed by atoms with Gasteiger partial charge in [-0.3, -0.25) is 4.79 Å². The van der Waals surface area contributed by atoms with Gasteiger partial charge in [0.05, 0.1) is 5.75 Å². The third-order valence-electron chi connectivity index (χ3n) is 3.98. The third-order valence-corrected chi connectivity index (χ3v) is 6.07. The predicted molar refractivity (Wildman–Crippen MR) is 84.8 cm³/mol. The largest absolute Gasteiger partial charge is 0.354 e. The van der Waals surface area contributed by atoms with Crippen LogP contribution in [0.15, 0.2) is 0 Å². The molecule has 1 atom stereocenters. The first-order valence-electron chi connectivity index (χ1n) is 7.49. The van der Waals surface area contributed by atoms with E-state index in [0.29, 0.717) is 32.0 Å². The van der Waals surface area contributed by atoms with Crippen molar-refractivity contribution in [1.29, 1.82) is 0 Å². The van der Waals surface area contributed by atoms with Crippen molar-refractivity contribution in [3.63, 3.8) is 0 Å². The van der Waals surface area contributed by atoms with Gasteiger partial charge in [0.25, 0.3) is 0 Å². The molecule has 1 unspecified atom stereocenters. The quantitative estimate of drug-likeness (QED) is 0.705. The Morgan fingerprint density at radius 3 is 2.57 bits per heavy atom. The number of nitrogens with one attached hydrogen (secondary N) is 1. The number of amides is 1. The van der Waals surface area contributed by atoms with Gasteiger partial charge in [0, 0.05) is 32.1 Å². The highest BCUT2D eigenvalue weighted by atomic mass is 35.5. The molecule has 0 aromatic heterocycles.